The average Bonchev–Trinajstić information content (AvgIpc) is 2.73. The highest BCUT2D eigenvalue weighted by atomic mass is 16.2. The van der Waals surface area contributed by atoms with Crippen LogP contribution in [0.1, 0.15) is 56.6 Å². The first kappa shape index (κ1) is 19.7. The Kier molecular flexibility index (Phi) is 7.13. The number of carbonyl (C=O) groups excluding carboxylic acids is 2. The first-order chi connectivity index (χ1) is 13.2. The zero-order valence-electron chi connectivity index (χ0n) is 16.6. The minimum absolute atomic E-state index is 0.0463. The molecule has 5 nitrogen and oxygen atoms in total. The van der Waals surface area contributed by atoms with E-state index >= 15 is 0 Å². The van der Waals surface area contributed by atoms with E-state index in [1.165, 1.54) is 30.4 Å². The fourth-order valence-electron chi connectivity index (χ4n) is 4.02. The Bertz CT molecular complexity index is 615. The normalized spacial score (nSPS) is 18.4. The lowest BCUT2D eigenvalue weighted by molar-refractivity contribution is -0.132. The number of rotatable bonds is 5. The largest absolute Gasteiger partial charge is 0.339 e. The highest BCUT2D eigenvalue weighted by Gasteiger charge is 2.25. The maximum Gasteiger partial charge on any atom is 0.317 e. The van der Waals surface area contributed by atoms with Crippen molar-refractivity contribution in [2.24, 2.45) is 0 Å². The Morgan fingerprint density at radius 3 is 2.15 bits per heavy atom. The van der Waals surface area contributed by atoms with Gasteiger partial charge < -0.3 is 15.1 Å². The Labute approximate surface area is 163 Å². The second-order valence-electron chi connectivity index (χ2n) is 7.82. The molecule has 2 aliphatic rings. The van der Waals surface area contributed by atoms with E-state index < -0.39 is 0 Å². The average molecular weight is 372 g/mol. The van der Waals surface area contributed by atoms with Crippen LogP contribution in [0.4, 0.5) is 4.79 Å². The smallest absolute Gasteiger partial charge is 0.317 e. The number of aryl methyl sites for hydroxylation is 2. The molecule has 1 saturated carbocycles. The molecule has 1 aliphatic heterocycles. The highest BCUT2D eigenvalue weighted by Crippen LogP contribution is 2.18. The van der Waals surface area contributed by atoms with E-state index in [0.717, 1.165) is 25.7 Å². The first-order valence-electron chi connectivity index (χ1n) is 10.6. The highest BCUT2D eigenvalue weighted by molar-refractivity contribution is 5.78. The maximum atomic E-state index is 12.5. The van der Waals surface area contributed by atoms with Crippen molar-refractivity contribution in [2.45, 2.75) is 64.3 Å². The van der Waals surface area contributed by atoms with E-state index in [2.05, 4.69) is 36.5 Å². The molecular weight excluding hydrogens is 338 g/mol. The monoisotopic (exact) mass is 371 g/mol. The number of carbonyl (C=O) groups is 2. The molecule has 5 heteroatoms. The standard InChI is InChI=1S/C22H33N3O2/c1-2-18-8-10-19(11-9-18)12-13-21(26)24-14-16-25(17-15-24)22(27)23-20-6-4-3-5-7-20/h8-11,20H,2-7,12-17H2,1H3,(H,23,27). The third-order valence-corrected chi connectivity index (χ3v) is 5.91. The fraction of sp³-hybridized carbons (Fsp3) is 0.636. The molecule has 3 amide bonds. The van der Waals surface area contributed by atoms with Crippen LogP contribution < -0.4 is 5.32 Å². The number of urea groups is 1. The molecule has 0 spiro atoms. The number of piperazine rings is 1. The van der Waals surface area contributed by atoms with E-state index in [1.807, 2.05) is 9.80 Å². The van der Waals surface area contributed by atoms with Crippen LogP contribution in [-0.4, -0.2) is 54.0 Å². The molecule has 148 valence electrons. The van der Waals surface area contributed by atoms with Crippen LogP contribution in [0.2, 0.25) is 0 Å². The zero-order chi connectivity index (χ0) is 19.1. The third-order valence-electron chi connectivity index (χ3n) is 5.91. The van der Waals surface area contributed by atoms with E-state index in [-0.39, 0.29) is 11.9 Å². The van der Waals surface area contributed by atoms with E-state index in [1.54, 1.807) is 0 Å². The summed E-state index contributed by atoms with van der Waals surface area (Å²) in [6, 6.07) is 8.92. The fourth-order valence-corrected chi connectivity index (χ4v) is 4.02. The molecule has 2 fully saturated rings. The molecule has 1 aromatic rings. The molecule has 1 N–H and O–H groups in total. The van der Waals surface area contributed by atoms with Gasteiger partial charge in [0.1, 0.15) is 0 Å². The molecule has 0 radical (unpaired) electrons. The van der Waals surface area contributed by atoms with Crippen LogP contribution in [-0.2, 0) is 17.6 Å². The summed E-state index contributed by atoms with van der Waals surface area (Å²) in [5, 5.41) is 3.17. The number of hydrogen-bond donors (Lipinski definition) is 1. The molecule has 0 unspecified atom stereocenters. The zero-order valence-corrected chi connectivity index (χ0v) is 16.6. The molecule has 0 bridgehead atoms. The van der Waals surface area contributed by atoms with Crippen LogP contribution in [0.5, 0.6) is 0 Å². The van der Waals surface area contributed by atoms with Gasteiger partial charge in [-0.2, -0.15) is 0 Å². The van der Waals surface area contributed by atoms with Gasteiger partial charge in [-0.3, -0.25) is 4.79 Å². The van der Waals surface area contributed by atoms with Crippen molar-refractivity contribution in [3.8, 4) is 0 Å². The van der Waals surface area contributed by atoms with E-state index in [0.29, 0.717) is 38.6 Å². The van der Waals surface area contributed by atoms with Gasteiger partial charge in [-0.25, -0.2) is 4.79 Å². The number of hydrogen-bond acceptors (Lipinski definition) is 2. The summed E-state index contributed by atoms with van der Waals surface area (Å²) in [6.45, 7) is 4.70. The molecular formula is C22H33N3O2. The molecule has 1 heterocycles. The molecule has 1 aliphatic carbocycles. The lowest BCUT2D eigenvalue weighted by Crippen LogP contribution is -2.54. The lowest BCUT2D eigenvalue weighted by Gasteiger charge is -2.36. The van der Waals surface area contributed by atoms with Gasteiger partial charge >= 0.3 is 6.03 Å². The van der Waals surface area contributed by atoms with Crippen molar-refractivity contribution in [3.63, 3.8) is 0 Å². The van der Waals surface area contributed by atoms with Gasteiger partial charge in [-0.15, -0.1) is 0 Å². The van der Waals surface area contributed by atoms with Crippen molar-refractivity contribution in [1.29, 1.82) is 0 Å². The molecule has 3 rings (SSSR count). The van der Waals surface area contributed by atoms with E-state index in [4.69, 9.17) is 0 Å². The van der Waals surface area contributed by atoms with Gasteiger partial charge in [-0.1, -0.05) is 50.5 Å². The number of benzene rings is 1. The Morgan fingerprint density at radius 1 is 0.926 bits per heavy atom. The molecule has 0 atom stereocenters. The molecule has 1 aromatic carbocycles. The van der Waals surface area contributed by atoms with Gasteiger partial charge in [0.2, 0.25) is 5.91 Å². The Morgan fingerprint density at radius 2 is 1.52 bits per heavy atom. The summed E-state index contributed by atoms with van der Waals surface area (Å²) >= 11 is 0. The van der Waals surface area contributed by atoms with Crippen LogP contribution in [0.25, 0.3) is 0 Å². The van der Waals surface area contributed by atoms with Crippen molar-refractivity contribution < 1.29 is 9.59 Å². The van der Waals surface area contributed by atoms with Gasteiger partial charge in [0, 0.05) is 38.6 Å². The van der Waals surface area contributed by atoms with Crippen molar-refractivity contribution >= 4 is 11.9 Å². The SMILES string of the molecule is CCc1ccc(CCC(=O)N2CCN(C(=O)NC3CCCCC3)CC2)cc1. The quantitative estimate of drug-likeness (QED) is 0.863. The Hall–Kier alpha value is -2.04. The maximum absolute atomic E-state index is 12.5. The minimum atomic E-state index is 0.0463. The van der Waals surface area contributed by atoms with Crippen LogP contribution in [0.15, 0.2) is 24.3 Å². The number of nitrogens with one attached hydrogen (secondary N) is 1. The summed E-state index contributed by atoms with van der Waals surface area (Å²) in [4.78, 5) is 28.7. The van der Waals surface area contributed by atoms with Gasteiger partial charge in [-0.05, 0) is 36.8 Å². The first-order valence-corrected chi connectivity index (χ1v) is 10.6. The summed E-state index contributed by atoms with van der Waals surface area (Å²) in [5.74, 6) is 0.196. The van der Waals surface area contributed by atoms with Crippen LogP contribution in [0, 0.1) is 0 Å². The number of amides is 3. The topological polar surface area (TPSA) is 52.7 Å². The van der Waals surface area contributed by atoms with Crippen molar-refractivity contribution in [2.75, 3.05) is 26.2 Å². The molecule has 1 saturated heterocycles. The van der Waals surface area contributed by atoms with Crippen LogP contribution in [0.3, 0.4) is 0 Å². The predicted octanol–water partition coefficient (Wildman–Crippen LogP) is 3.37. The van der Waals surface area contributed by atoms with Gasteiger partial charge in [0.05, 0.1) is 0 Å². The van der Waals surface area contributed by atoms with Crippen molar-refractivity contribution in [3.05, 3.63) is 35.4 Å². The molecule has 0 aromatic heterocycles. The summed E-state index contributed by atoms with van der Waals surface area (Å²) in [6.07, 6.45) is 8.29. The minimum Gasteiger partial charge on any atom is -0.339 e. The van der Waals surface area contributed by atoms with Crippen molar-refractivity contribution in [1.82, 2.24) is 15.1 Å². The second kappa shape index (κ2) is 9.77. The summed E-state index contributed by atoms with van der Waals surface area (Å²) in [5.41, 5.74) is 2.54. The van der Waals surface area contributed by atoms with E-state index in [9.17, 15) is 9.59 Å². The third kappa shape index (κ3) is 5.72. The summed E-state index contributed by atoms with van der Waals surface area (Å²) < 4.78 is 0. The van der Waals surface area contributed by atoms with Gasteiger partial charge in [0.25, 0.3) is 0 Å². The lowest BCUT2D eigenvalue weighted by atomic mass is 9.96. The second-order valence-corrected chi connectivity index (χ2v) is 7.82. The summed E-state index contributed by atoms with van der Waals surface area (Å²) in [7, 11) is 0. The number of nitrogens with zero attached hydrogens (tertiary/aromatic N) is 2. The Balaban J connectivity index is 1.38. The van der Waals surface area contributed by atoms with Crippen LogP contribution >= 0.6 is 0 Å². The van der Waals surface area contributed by atoms with Gasteiger partial charge in [0.15, 0.2) is 0 Å². The molecule has 27 heavy (non-hydrogen) atoms. The predicted molar refractivity (Wildman–Crippen MR) is 108 cm³/mol.